The molecule has 3 aromatic carbocycles. The SMILES string of the molecule is O=C1Nc2ccc(-c3ccc4c(c3)OCO4)cc2C(=O)N2C[C@H](NS(=O)(=O)c3ccc(F)cc3)C[C@H]12. The van der Waals surface area contributed by atoms with E-state index >= 15 is 0 Å². The smallest absolute Gasteiger partial charge is 0.256 e. The van der Waals surface area contributed by atoms with Crippen LogP contribution < -0.4 is 19.5 Å². The molecule has 11 heteroatoms. The minimum absolute atomic E-state index is 0.0189. The third-order valence-electron chi connectivity index (χ3n) is 6.52. The normalized spacial score (nSPS) is 20.5. The van der Waals surface area contributed by atoms with E-state index in [1.54, 1.807) is 24.3 Å². The quantitative estimate of drug-likeness (QED) is 0.559. The summed E-state index contributed by atoms with van der Waals surface area (Å²) >= 11 is 0. The fraction of sp³-hybridized carbons (Fsp3) is 0.200. The van der Waals surface area contributed by atoms with Gasteiger partial charge < -0.3 is 19.7 Å². The molecule has 9 nitrogen and oxygen atoms in total. The monoisotopic (exact) mass is 509 g/mol. The highest BCUT2D eigenvalue weighted by molar-refractivity contribution is 7.89. The zero-order valence-corrected chi connectivity index (χ0v) is 19.5. The maximum Gasteiger partial charge on any atom is 0.256 e. The van der Waals surface area contributed by atoms with Crippen LogP contribution in [0.3, 0.4) is 0 Å². The number of rotatable bonds is 4. The number of amides is 2. The van der Waals surface area contributed by atoms with E-state index in [2.05, 4.69) is 10.0 Å². The molecular formula is C25H20FN3O6S. The van der Waals surface area contributed by atoms with Crippen LogP contribution in [-0.2, 0) is 14.8 Å². The molecule has 0 bridgehead atoms. The molecule has 3 heterocycles. The summed E-state index contributed by atoms with van der Waals surface area (Å²) in [6.07, 6.45) is 0.112. The van der Waals surface area contributed by atoms with E-state index in [-0.39, 0.29) is 36.5 Å². The number of anilines is 1. The molecule has 2 atom stereocenters. The maximum atomic E-state index is 13.5. The predicted octanol–water partition coefficient (Wildman–Crippen LogP) is 2.74. The third-order valence-corrected chi connectivity index (χ3v) is 8.06. The Morgan fingerprint density at radius 3 is 2.47 bits per heavy atom. The van der Waals surface area contributed by atoms with Crippen LogP contribution >= 0.6 is 0 Å². The Morgan fingerprint density at radius 1 is 0.944 bits per heavy atom. The molecule has 2 amide bonds. The number of halogens is 1. The number of nitrogens with zero attached hydrogens (tertiary/aromatic N) is 1. The Bertz CT molecular complexity index is 1510. The molecule has 3 aromatic rings. The number of carbonyl (C=O) groups is 2. The first-order valence-corrected chi connectivity index (χ1v) is 12.7. The number of fused-ring (bicyclic) bond motifs is 3. The topological polar surface area (TPSA) is 114 Å². The Hall–Kier alpha value is -3.96. The number of ether oxygens (including phenoxy) is 2. The molecular weight excluding hydrogens is 489 g/mol. The van der Waals surface area contributed by atoms with Crippen molar-refractivity contribution in [3.05, 3.63) is 72.0 Å². The summed E-state index contributed by atoms with van der Waals surface area (Å²) in [6.45, 7) is 0.168. The second kappa shape index (κ2) is 8.32. The van der Waals surface area contributed by atoms with Crippen molar-refractivity contribution in [3.8, 4) is 22.6 Å². The van der Waals surface area contributed by atoms with Gasteiger partial charge in [0.05, 0.1) is 16.1 Å². The summed E-state index contributed by atoms with van der Waals surface area (Å²) in [5.41, 5.74) is 2.27. The molecule has 0 aromatic heterocycles. The van der Waals surface area contributed by atoms with Crippen LogP contribution in [0.15, 0.2) is 65.6 Å². The molecule has 0 aliphatic carbocycles. The molecule has 3 aliphatic rings. The van der Waals surface area contributed by atoms with Gasteiger partial charge in [0.15, 0.2) is 11.5 Å². The summed E-state index contributed by atoms with van der Waals surface area (Å²) in [4.78, 5) is 27.8. The maximum absolute atomic E-state index is 13.5. The largest absolute Gasteiger partial charge is 0.454 e. The molecule has 2 N–H and O–H groups in total. The molecule has 1 saturated heterocycles. The minimum atomic E-state index is -3.96. The lowest BCUT2D eigenvalue weighted by molar-refractivity contribution is -0.119. The summed E-state index contributed by atoms with van der Waals surface area (Å²) in [7, 11) is -3.96. The number of carbonyl (C=O) groups excluding carboxylic acids is 2. The summed E-state index contributed by atoms with van der Waals surface area (Å²) in [5, 5.41) is 2.80. The van der Waals surface area contributed by atoms with Gasteiger partial charge in [-0.2, -0.15) is 0 Å². The number of sulfonamides is 1. The molecule has 0 radical (unpaired) electrons. The van der Waals surface area contributed by atoms with E-state index in [1.807, 2.05) is 12.1 Å². The summed E-state index contributed by atoms with van der Waals surface area (Å²) in [6, 6.07) is 13.6. The first kappa shape index (κ1) is 22.5. The average molecular weight is 510 g/mol. The van der Waals surface area contributed by atoms with Gasteiger partial charge in [0.25, 0.3) is 5.91 Å². The standard InChI is InChI=1S/C25H20FN3O6S/c26-16-3-5-18(6-4-16)36(32,33)28-17-11-21-24(30)27-20-7-1-14(9-19(20)25(31)29(21)12-17)15-2-8-22-23(10-15)35-13-34-22/h1-10,17,21,28H,11-13H2,(H,27,30)/t17-,21-/m1/s1. The van der Waals surface area contributed by atoms with E-state index in [1.165, 1.54) is 4.90 Å². The molecule has 36 heavy (non-hydrogen) atoms. The van der Waals surface area contributed by atoms with Crippen molar-refractivity contribution < 1.29 is 31.9 Å². The second-order valence-electron chi connectivity index (χ2n) is 8.80. The Balaban J connectivity index is 1.27. The van der Waals surface area contributed by atoms with Gasteiger partial charge >= 0.3 is 0 Å². The molecule has 6 rings (SSSR count). The zero-order chi connectivity index (χ0) is 25.0. The number of hydrogen-bond acceptors (Lipinski definition) is 6. The lowest BCUT2D eigenvalue weighted by Crippen LogP contribution is -2.41. The fourth-order valence-electron chi connectivity index (χ4n) is 4.75. The van der Waals surface area contributed by atoms with Gasteiger partial charge in [0.1, 0.15) is 11.9 Å². The van der Waals surface area contributed by atoms with Crippen molar-refractivity contribution in [1.29, 1.82) is 0 Å². The average Bonchev–Trinajstić information content (AvgIpc) is 3.48. The zero-order valence-electron chi connectivity index (χ0n) is 18.7. The van der Waals surface area contributed by atoms with E-state index in [4.69, 9.17) is 9.47 Å². The number of benzene rings is 3. The highest BCUT2D eigenvalue weighted by Crippen LogP contribution is 2.38. The van der Waals surface area contributed by atoms with Crippen molar-refractivity contribution in [3.63, 3.8) is 0 Å². The van der Waals surface area contributed by atoms with Gasteiger partial charge in [-0.25, -0.2) is 17.5 Å². The van der Waals surface area contributed by atoms with Crippen molar-refractivity contribution in [1.82, 2.24) is 9.62 Å². The number of nitrogens with one attached hydrogen (secondary N) is 2. The van der Waals surface area contributed by atoms with Crippen molar-refractivity contribution in [2.45, 2.75) is 23.4 Å². The lowest BCUT2D eigenvalue weighted by Gasteiger charge is -2.20. The molecule has 0 saturated carbocycles. The Labute approximate surface area is 205 Å². The molecule has 0 unspecified atom stereocenters. The highest BCUT2D eigenvalue weighted by atomic mass is 32.2. The number of hydrogen-bond donors (Lipinski definition) is 2. The minimum Gasteiger partial charge on any atom is -0.454 e. The first-order chi connectivity index (χ1) is 17.3. The Morgan fingerprint density at radius 2 is 1.67 bits per heavy atom. The van der Waals surface area contributed by atoms with E-state index in [9.17, 15) is 22.4 Å². The second-order valence-corrected chi connectivity index (χ2v) is 10.5. The van der Waals surface area contributed by atoms with Gasteiger partial charge in [0.2, 0.25) is 22.7 Å². The predicted molar refractivity (Wildman–Crippen MR) is 127 cm³/mol. The van der Waals surface area contributed by atoms with Crippen LogP contribution in [-0.4, -0.2) is 50.6 Å². The van der Waals surface area contributed by atoms with E-state index < -0.39 is 27.9 Å². The van der Waals surface area contributed by atoms with Crippen LogP contribution in [0.5, 0.6) is 11.5 Å². The van der Waals surface area contributed by atoms with Crippen LogP contribution in [0, 0.1) is 5.82 Å². The van der Waals surface area contributed by atoms with Crippen molar-refractivity contribution >= 4 is 27.5 Å². The van der Waals surface area contributed by atoms with Crippen LogP contribution in [0.2, 0.25) is 0 Å². The van der Waals surface area contributed by atoms with Gasteiger partial charge in [-0.05, 0) is 66.1 Å². The Kier molecular flexibility index (Phi) is 5.20. The van der Waals surface area contributed by atoms with Crippen LogP contribution in [0.25, 0.3) is 11.1 Å². The molecule has 1 fully saturated rings. The molecule has 3 aliphatic heterocycles. The van der Waals surface area contributed by atoms with Crippen LogP contribution in [0.4, 0.5) is 10.1 Å². The van der Waals surface area contributed by atoms with Gasteiger partial charge in [0, 0.05) is 12.6 Å². The van der Waals surface area contributed by atoms with Gasteiger partial charge in [-0.1, -0.05) is 12.1 Å². The van der Waals surface area contributed by atoms with E-state index in [0.717, 1.165) is 35.4 Å². The first-order valence-electron chi connectivity index (χ1n) is 11.2. The van der Waals surface area contributed by atoms with E-state index in [0.29, 0.717) is 22.7 Å². The lowest BCUT2D eigenvalue weighted by atomic mass is 10.0. The highest BCUT2D eigenvalue weighted by Gasteiger charge is 2.44. The van der Waals surface area contributed by atoms with Crippen molar-refractivity contribution in [2.24, 2.45) is 0 Å². The van der Waals surface area contributed by atoms with Crippen molar-refractivity contribution in [2.75, 3.05) is 18.7 Å². The van der Waals surface area contributed by atoms with Gasteiger partial charge in [-0.3, -0.25) is 9.59 Å². The summed E-state index contributed by atoms with van der Waals surface area (Å²) < 4.78 is 52.1. The molecule has 0 spiro atoms. The fourth-order valence-corrected chi connectivity index (χ4v) is 5.99. The molecule has 184 valence electrons. The van der Waals surface area contributed by atoms with Crippen LogP contribution in [0.1, 0.15) is 16.8 Å². The van der Waals surface area contributed by atoms with Gasteiger partial charge in [-0.15, -0.1) is 0 Å². The third kappa shape index (κ3) is 3.86. The summed E-state index contributed by atoms with van der Waals surface area (Å²) in [5.74, 6) is -0.0612.